The van der Waals surface area contributed by atoms with Crippen molar-refractivity contribution in [2.45, 2.75) is 37.8 Å². The SMILES string of the molecule is O=C(NC1CCC(Oc2cnccn2)CC1)c1ccsc1. The predicted octanol–water partition coefficient (Wildman–Crippen LogP) is 2.66. The first kappa shape index (κ1) is 14.0. The lowest BCUT2D eigenvalue weighted by Gasteiger charge is -2.29. The summed E-state index contributed by atoms with van der Waals surface area (Å²) in [6.45, 7) is 0. The monoisotopic (exact) mass is 303 g/mol. The predicted molar refractivity (Wildman–Crippen MR) is 80.5 cm³/mol. The Hall–Kier alpha value is -1.95. The second-order valence-electron chi connectivity index (χ2n) is 5.12. The Morgan fingerprint density at radius 3 is 2.81 bits per heavy atom. The number of rotatable bonds is 4. The Morgan fingerprint density at radius 2 is 2.14 bits per heavy atom. The summed E-state index contributed by atoms with van der Waals surface area (Å²) in [4.78, 5) is 20.1. The van der Waals surface area contributed by atoms with Gasteiger partial charge in [-0.25, -0.2) is 4.98 Å². The molecule has 2 aromatic rings. The van der Waals surface area contributed by atoms with Gasteiger partial charge in [-0.15, -0.1) is 0 Å². The van der Waals surface area contributed by atoms with E-state index in [0.717, 1.165) is 31.2 Å². The van der Waals surface area contributed by atoms with E-state index in [-0.39, 0.29) is 18.1 Å². The van der Waals surface area contributed by atoms with E-state index in [4.69, 9.17) is 4.74 Å². The summed E-state index contributed by atoms with van der Waals surface area (Å²) in [7, 11) is 0. The van der Waals surface area contributed by atoms with Crippen molar-refractivity contribution in [2.75, 3.05) is 0 Å². The van der Waals surface area contributed by atoms with Gasteiger partial charge in [0.15, 0.2) is 0 Å². The highest BCUT2D eigenvalue weighted by molar-refractivity contribution is 7.08. The number of nitrogens with zero attached hydrogens (tertiary/aromatic N) is 2. The number of carbonyl (C=O) groups excluding carboxylic acids is 1. The van der Waals surface area contributed by atoms with Crippen molar-refractivity contribution < 1.29 is 9.53 Å². The van der Waals surface area contributed by atoms with Gasteiger partial charge in [0.1, 0.15) is 6.10 Å². The van der Waals surface area contributed by atoms with E-state index in [0.29, 0.717) is 5.88 Å². The molecule has 110 valence electrons. The molecule has 5 nitrogen and oxygen atoms in total. The summed E-state index contributed by atoms with van der Waals surface area (Å²) in [6, 6.07) is 2.09. The van der Waals surface area contributed by atoms with Gasteiger partial charge < -0.3 is 10.1 Å². The van der Waals surface area contributed by atoms with E-state index in [9.17, 15) is 4.79 Å². The van der Waals surface area contributed by atoms with Crippen LogP contribution in [0.5, 0.6) is 5.88 Å². The van der Waals surface area contributed by atoms with Gasteiger partial charge in [0, 0.05) is 29.4 Å². The van der Waals surface area contributed by atoms with Gasteiger partial charge >= 0.3 is 0 Å². The number of amides is 1. The first-order valence-electron chi connectivity index (χ1n) is 7.07. The molecule has 0 unspecified atom stereocenters. The highest BCUT2D eigenvalue weighted by atomic mass is 32.1. The lowest BCUT2D eigenvalue weighted by molar-refractivity contribution is 0.0890. The van der Waals surface area contributed by atoms with E-state index in [1.165, 1.54) is 11.3 Å². The molecule has 0 saturated heterocycles. The normalized spacial score (nSPS) is 21.7. The van der Waals surface area contributed by atoms with Crippen LogP contribution in [0.2, 0.25) is 0 Å². The van der Waals surface area contributed by atoms with Crippen LogP contribution >= 0.6 is 11.3 Å². The average Bonchev–Trinajstić information content (AvgIpc) is 3.05. The summed E-state index contributed by atoms with van der Waals surface area (Å²) in [5.74, 6) is 0.595. The molecular formula is C15H17N3O2S. The van der Waals surface area contributed by atoms with E-state index >= 15 is 0 Å². The minimum absolute atomic E-state index is 0.0227. The maximum atomic E-state index is 12.0. The fourth-order valence-corrected chi connectivity index (χ4v) is 3.14. The van der Waals surface area contributed by atoms with Crippen LogP contribution in [-0.4, -0.2) is 28.0 Å². The third-order valence-electron chi connectivity index (χ3n) is 3.62. The molecule has 0 spiro atoms. The van der Waals surface area contributed by atoms with Crippen molar-refractivity contribution in [3.05, 3.63) is 41.0 Å². The van der Waals surface area contributed by atoms with Crippen LogP contribution in [0, 0.1) is 0 Å². The van der Waals surface area contributed by atoms with Gasteiger partial charge in [-0.1, -0.05) is 0 Å². The van der Waals surface area contributed by atoms with Crippen LogP contribution in [0.4, 0.5) is 0 Å². The first-order chi connectivity index (χ1) is 10.3. The molecule has 21 heavy (non-hydrogen) atoms. The molecule has 0 atom stereocenters. The van der Waals surface area contributed by atoms with Crippen molar-refractivity contribution in [3.63, 3.8) is 0 Å². The van der Waals surface area contributed by atoms with Crippen LogP contribution in [0.3, 0.4) is 0 Å². The first-order valence-corrected chi connectivity index (χ1v) is 8.01. The topological polar surface area (TPSA) is 64.1 Å². The maximum absolute atomic E-state index is 12.0. The van der Waals surface area contributed by atoms with Gasteiger partial charge in [-0.3, -0.25) is 9.78 Å². The van der Waals surface area contributed by atoms with Gasteiger partial charge in [0.05, 0.1) is 6.20 Å². The number of hydrogen-bond donors (Lipinski definition) is 1. The largest absolute Gasteiger partial charge is 0.473 e. The Morgan fingerprint density at radius 1 is 1.29 bits per heavy atom. The lowest BCUT2D eigenvalue weighted by atomic mass is 9.93. The van der Waals surface area contributed by atoms with Gasteiger partial charge in [-0.2, -0.15) is 11.3 Å². The second-order valence-corrected chi connectivity index (χ2v) is 5.90. The van der Waals surface area contributed by atoms with E-state index in [2.05, 4.69) is 15.3 Å². The fraction of sp³-hybridized carbons (Fsp3) is 0.400. The molecule has 1 saturated carbocycles. The number of nitrogens with one attached hydrogen (secondary N) is 1. The number of hydrogen-bond acceptors (Lipinski definition) is 5. The van der Waals surface area contributed by atoms with E-state index < -0.39 is 0 Å². The Kier molecular flexibility index (Phi) is 4.45. The Bertz CT molecular complexity index is 566. The molecule has 1 aliphatic carbocycles. The smallest absolute Gasteiger partial charge is 0.252 e. The van der Waals surface area contributed by atoms with Gasteiger partial charge in [0.2, 0.25) is 5.88 Å². The lowest BCUT2D eigenvalue weighted by Crippen LogP contribution is -2.39. The van der Waals surface area contributed by atoms with Gasteiger partial charge in [-0.05, 0) is 37.1 Å². The third kappa shape index (κ3) is 3.78. The molecule has 2 heterocycles. The minimum Gasteiger partial charge on any atom is -0.473 e. The minimum atomic E-state index is 0.0227. The summed E-state index contributed by atoms with van der Waals surface area (Å²) >= 11 is 1.54. The molecule has 0 aliphatic heterocycles. The maximum Gasteiger partial charge on any atom is 0.252 e. The molecule has 0 bridgehead atoms. The van der Waals surface area contributed by atoms with Crippen molar-refractivity contribution in [1.82, 2.24) is 15.3 Å². The average molecular weight is 303 g/mol. The number of thiophene rings is 1. The summed E-state index contributed by atoms with van der Waals surface area (Å²) < 4.78 is 5.80. The molecule has 0 aromatic carbocycles. The molecular weight excluding hydrogens is 286 g/mol. The van der Waals surface area contributed by atoms with Crippen LogP contribution in [-0.2, 0) is 0 Å². The quantitative estimate of drug-likeness (QED) is 0.943. The standard InChI is InChI=1S/C15H17N3O2S/c19-15(11-5-8-21-10-11)18-12-1-3-13(4-2-12)20-14-9-16-6-7-17-14/h5-10,12-13H,1-4H2,(H,18,19). The molecule has 1 N–H and O–H groups in total. The van der Waals surface area contributed by atoms with Crippen molar-refractivity contribution in [2.24, 2.45) is 0 Å². The second kappa shape index (κ2) is 6.67. The van der Waals surface area contributed by atoms with E-state index in [1.807, 2.05) is 16.8 Å². The van der Waals surface area contributed by atoms with Crippen LogP contribution < -0.4 is 10.1 Å². The third-order valence-corrected chi connectivity index (χ3v) is 4.30. The summed E-state index contributed by atoms with van der Waals surface area (Å²) in [6.07, 6.45) is 8.75. The highest BCUT2D eigenvalue weighted by Crippen LogP contribution is 2.22. The Balaban J connectivity index is 1.46. The summed E-state index contributed by atoms with van der Waals surface area (Å²) in [5.41, 5.74) is 0.748. The zero-order chi connectivity index (χ0) is 14.5. The number of carbonyl (C=O) groups is 1. The fourth-order valence-electron chi connectivity index (χ4n) is 2.50. The summed E-state index contributed by atoms with van der Waals surface area (Å²) in [5, 5.41) is 6.88. The van der Waals surface area contributed by atoms with Crippen molar-refractivity contribution in [3.8, 4) is 5.88 Å². The highest BCUT2D eigenvalue weighted by Gasteiger charge is 2.24. The van der Waals surface area contributed by atoms with Crippen molar-refractivity contribution >= 4 is 17.2 Å². The van der Waals surface area contributed by atoms with Crippen LogP contribution in [0.1, 0.15) is 36.0 Å². The van der Waals surface area contributed by atoms with Crippen LogP contribution in [0.15, 0.2) is 35.4 Å². The zero-order valence-electron chi connectivity index (χ0n) is 11.6. The number of aromatic nitrogens is 2. The molecule has 1 amide bonds. The molecule has 0 radical (unpaired) electrons. The molecule has 3 rings (SSSR count). The van der Waals surface area contributed by atoms with E-state index in [1.54, 1.807) is 18.6 Å². The number of ether oxygens (including phenoxy) is 1. The zero-order valence-corrected chi connectivity index (χ0v) is 12.4. The van der Waals surface area contributed by atoms with Gasteiger partial charge in [0.25, 0.3) is 5.91 Å². The van der Waals surface area contributed by atoms with Crippen molar-refractivity contribution in [1.29, 1.82) is 0 Å². The Labute approximate surface area is 127 Å². The molecule has 6 heteroatoms. The van der Waals surface area contributed by atoms with Crippen LogP contribution in [0.25, 0.3) is 0 Å². The molecule has 1 fully saturated rings. The molecule has 1 aliphatic rings. The molecule has 2 aromatic heterocycles.